The van der Waals surface area contributed by atoms with E-state index in [1.807, 2.05) is 105 Å². The fourth-order valence-electron chi connectivity index (χ4n) is 11.6. The topological polar surface area (TPSA) is 280 Å². The number of rotatable bonds is 27. The lowest BCUT2D eigenvalue weighted by atomic mass is 9.81. The molecule has 2 aliphatic carbocycles. The number of nitrogens with one attached hydrogen (secondary N) is 4. The van der Waals surface area contributed by atoms with Crippen LogP contribution in [0, 0.1) is 17.8 Å². The molecule has 0 radical (unpaired) electrons. The molecule has 0 bridgehead atoms. The van der Waals surface area contributed by atoms with E-state index in [1.165, 1.54) is 13.2 Å². The third-order valence-electron chi connectivity index (χ3n) is 16.1. The fraction of sp³-hybridized carbons (Fsp3) is 0.556. The Kier molecular flexibility index (Phi) is 23.9. The molecule has 22 heteroatoms. The van der Waals surface area contributed by atoms with Crippen LogP contribution in [0.1, 0.15) is 101 Å². The van der Waals surface area contributed by atoms with Crippen LogP contribution in [0.3, 0.4) is 0 Å². The van der Waals surface area contributed by atoms with Crippen molar-refractivity contribution in [2.24, 2.45) is 17.8 Å². The molecule has 1 aromatic heterocycles. The number of methoxy groups -OCH3 is 1. The maximum absolute atomic E-state index is 14.4. The van der Waals surface area contributed by atoms with Crippen LogP contribution >= 0.6 is 0 Å². The Bertz CT molecular complexity index is 2850. The molecule has 85 heavy (non-hydrogen) atoms. The van der Waals surface area contributed by atoms with E-state index in [0.717, 1.165) is 54.9 Å². The first kappa shape index (κ1) is 62.9. The van der Waals surface area contributed by atoms with Gasteiger partial charge in [0.05, 0.1) is 63.8 Å². The van der Waals surface area contributed by atoms with Crippen molar-refractivity contribution in [1.82, 2.24) is 20.6 Å². The summed E-state index contributed by atoms with van der Waals surface area (Å²) in [6, 6.07) is 26.6. The van der Waals surface area contributed by atoms with E-state index < -0.39 is 126 Å². The molecular weight excluding hydrogens is 1100 g/mol. The number of aliphatic hydroxyl groups excluding tert-OH is 1. The summed E-state index contributed by atoms with van der Waals surface area (Å²) in [5, 5.41) is 18.1. The molecule has 5 N–H and O–H groups in total. The van der Waals surface area contributed by atoms with Crippen molar-refractivity contribution in [2.75, 3.05) is 33.5 Å². The molecule has 2 amide bonds. The Balaban J connectivity index is 1.18. The maximum Gasteiger partial charge on any atom is 0.407 e. The molecule has 4 aliphatic rings. The van der Waals surface area contributed by atoms with E-state index in [4.69, 9.17) is 53.5 Å². The molecular formula is C63H82N4O18. The minimum atomic E-state index is -1.66. The summed E-state index contributed by atoms with van der Waals surface area (Å²) < 4.78 is 78.1. The minimum Gasteiger partial charge on any atom is -0.469 e. The lowest BCUT2D eigenvalue weighted by Crippen LogP contribution is -2.68. The highest BCUT2D eigenvalue weighted by Gasteiger charge is 2.53. The Labute approximate surface area is 496 Å². The van der Waals surface area contributed by atoms with Gasteiger partial charge in [-0.05, 0) is 55.7 Å². The molecule has 0 spiro atoms. The van der Waals surface area contributed by atoms with E-state index in [-0.39, 0.29) is 84.2 Å². The average Bonchev–Trinajstić information content (AvgIpc) is 0.992. The first-order valence-electron chi connectivity index (χ1n) is 30.0. The van der Waals surface area contributed by atoms with Crippen molar-refractivity contribution in [3.05, 3.63) is 153 Å². The first-order chi connectivity index (χ1) is 41.7. The van der Waals surface area contributed by atoms with Gasteiger partial charge in [-0.15, -0.1) is 0 Å². The highest BCUT2D eigenvalue weighted by atomic mass is 16.7. The largest absolute Gasteiger partial charge is 0.469 e. The van der Waals surface area contributed by atoms with Crippen LogP contribution in [-0.4, -0.2) is 152 Å². The van der Waals surface area contributed by atoms with Crippen LogP contribution in [0.4, 0.5) is 4.79 Å². The predicted octanol–water partition coefficient (Wildman–Crippen LogP) is 5.98. The summed E-state index contributed by atoms with van der Waals surface area (Å²) in [7, 11) is 1.21. The number of aliphatic hydroxyl groups is 1. The second-order valence-electron chi connectivity index (χ2n) is 22.1. The summed E-state index contributed by atoms with van der Waals surface area (Å²) >= 11 is 0. The van der Waals surface area contributed by atoms with Crippen LogP contribution in [0.25, 0.3) is 0 Å². The van der Waals surface area contributed by atoms with Crippen LogP contribution in [-0.2, 0) is 81.5 Å². The average molecular weight is 1190 g/mol. The number of hydrogen-bond donors (Lipinski definition) is 5. The van der Waals surface area contributed by atoms with Gasteiger partial charge >= 0.3 is 23.7 Å². The lowest BCUT2D eigenvalue weighted by molar-refractivity contribution is -0.308. The Morgan fingerprint density at radius 3 is 2.07 bits per heavy atom. The second kappa shape index (κ2) is 32.2. The van der Waals surface area contributed by atoms with Crippen LogP contribution in [0.5, 0.6) is 0 Å². The SMILES string of the molecule is [3H]CCOC[C@@H]1O[C@@H](O[C@@H]2CC(C(=O)OC)CC(NC(=O)c3cc(=O)[nH]c(=O)[nH]3)[C@H]2OC[C@@H]2OC(C)[C@@H](C)C(OCc3ccccc3)[C@@H]2OCc2ccccc2)C(NC(=O)OCC=C)C(O[C@@H](CC2CCCCC2)C(=O)OCc2ccccc2)[C@H]1O. The quantitative estimate of drug-likeness (QED) is 0.0199. The van der Waals surface area contributed by atoms with Gasteiger partial charge in [-0.2, -0.15) is 0 Å². The van der Waals surface area contributed by atoms with Gasteiger partial charge in [0.2, 0.25) is 0 Å². The number of aromatic nitrogens is 2. The predicted molar refractivity (Wildman–Crippen MR) is 308 cm³/mol. The second-order valence-corrected chi connectivity index (χ2v) is 22.1. The molecule has 3 aromatic carbocycles. The number of esters is 2. The molecule has 2 aliphatic heterocycles. The molecule has 8 rings (SSSR count). The number of H-pyrrole nitrogens is 2. The molecule has 3 heterocycles. The molecule has 15 atom stereocenters. The molecule has 2 saturated carbocycles. The Morgan fingerprint density at radius 2 is 1.44 bits per heavy atom. The zero-order valence-corrected chi connectivity index (χ0v) is 48.5. The van der Waals surface area contributed by atoms with Gasteiger partial charge in [-0.25, -0.2) is 14.4 Å². The highest BCUT2D eigenvalue weighted by molar-refractivity contribution is 5.92. The van der Waals surface area contributed by atoms with Gasteiger partial charge in [0.1, 0.15) is 61.6 Å². The number of benzene rings is 3. The highest BCUT2D eigenvalue weighted by Crippen LogP contribution is 2.38. The van der Waals surface area contributed by atoms with Gasteiger partial charge in [-0.3, -0.25) is 19.4 Å². The zero-order chi connectivity index (χ0) is 61.0. The molecule has 4 aromatic rings. The summed E-state index contributed by atoms with van der Waals surface area (Å²) in [5.74, 6) is -3.45. The number of amides is 2. The third kappa shape index (κ3) is 18.2. The molecule has 22 nitrogen and oxygen atoms in total. The smallest absolute Gasteiger partial charge is 0.407 e. The minimum absolute atomic E-state index is 0.0465. The summed E-state index contributed by atoms with van der Waals surface area (Å²) in [4.78, 5) is 86.1. The first-order valence-corrected chi connectivity index (χ1v) is 29.3. The standard InChI is InChI=1S/C63H82N4O18/c1-6-28-77-63(74)67-52-57(83-48(29-40-20-12-8-13-21-40)60(72)81-35-43-26-18-11-19-27-43)53(69)49(36-76-7-2)85-61(52)84-47-31-44(59(71)75-5)30-45(64-58(70)46-32-51(68)66-62(73)65-46)55(47)80-37-50-56(79-34-42-24-16-10-17-25-42)54(38(3)39(4)82-50)78-33-41-22-14-9-15-23-41/h6,9-11,14-19,22-27,32,38-40,44-45,47-50,52-57,61,69H,1,7-8,12-13,20-21,28-31,33-37H2,2-5H3,(H,64,70)(H,67,74)(H2,65,66,68,73)/t38-,39?,44?,45?,47-,48+,49+,50+,52?,53+,54?,55-,56-,57?,61-/m1/s1/i2T. The number of aromatic amines is 2. The van der Waals surface area contributed by atoms with E-state index in [1.54, 1.807) is 0 Å². The van der Waals surface area contributed by atoms with Crippen LogP contribution in [0.15, 0.2) is 119 Å². The lowest BCUT2D eigenvalue weighted by Gasteiger charge is -2.49. The summed E-state index contributed by atoms with van der Waals surface area (Å²) in [6.45, 7) is 7.02. The number of carbonyl (C=O) groups is 4. The molecule has 462 valence electrons. The van der Waals surface area contributed by atoms with Gasteiger partial charge in [0, 0.05) is 20.0 Å². The van der Waals surface area contributed by atoms with Crippen molar-refractivity contribution in [2.45, 2.75) is 171 Å². The van der Waals surface area contributed by atoms with Gasteiger partial charge in [0.15, 0.2) is 12.4 Å². The van der Waals surface area contributed by atoms with E-state index in [9.17, 15) is 33.9 Å². The number of carbonyl (C=O) groups excluding carboxylic acids is 4. The Morgan fingerprint density at radius 1 is 0.776 bits per heavy atom. The molecule has 2 saturated heterocycles. The van der Waals surface area contributed by atoms with Crippen molar-refractivity contribution < 1.29 is 77.8 Å². The molecule has 6 unspecified atom stereocenters. The fourth-order valence-corrected chi connectivity index (χ4v) is 11.6. The van der Waals surface area contributed by atoms with E-state index in [2.05, 4.69) is 27.2 Å². The third-order valence-corrected chi connectivity index (χ3v) is 16.1. The monoisotopic (exact) mass is 1180 g/mol. The van der Waals surface area contributed by atoms with Crippen LogP contribution < -0.4 is 21.9 Å². The van der Waals surface area contributed by atoms with Gasteiger partial charge < -0.3 is 72.8 Å². The number of hydrogen-bond acceptors (Lipinski definition) is 18. The number of alkyl carbamates (subject to hydrolysis) is 1. The normalized spacial score (nSPS) is 28.4. The van der Waals surface area contributed by atoms with Crippen molar-refractivity contribution in [3.63, 3.8) is 0 Å². The maximum atomic E-state index is 14.4. The summed E-state index contributed by atoms with van der Waals surface area (Å²) in [5.41, 5.74) is 0.372. The van der Waals surface area contributed by atoms with Gasteiger partial charge in [-0.1, -0.05) is 143 Å². The molecule has 4 fully saturated rings. The van der Waals surface area contributed by atoms with Crippen molar-refractivity contribution in [3.8, 4) is 0 Å². The van der Waals surface area contributed by atoms with E-state index >= 15 is 0 Å². The van der Waals surface area contributed by atoms with E-state index in [0.29, 0.717) is 0 Å². The van der Waals surface area contributed by atoms with Gasteiger partial charge in [0.25, 0.3) is 11.5 Å². The van der Waals surface area contributed by atoms with Crippen molar-refractivity contribution >= 4 is 23.9 Å². The summed E-state index contributed by atoms with van der Waals surface area (Å²) in [6.07, 6.45) is -7.66. The zero-order valence-electron chi connectivity index (χ0n) is 49.5. The van der Waals surface area contributed by atoms with Crippen LogP contribution in [0.2, 0.25) is 0 Å². The van der Waals surface area contributed by atoms with Crippen molar-refractivity contribution in [1.29, 1.82) is 0 Å². The Hall–Kier alpha value is -6.60. The number of ether oxygens (including phenoxy) is 11.